The number of allylic oxidation sites excluding steroid dienone is 1. The fourth-order valence-electron chi connectivity index (χ4n) is 2.54. The van der Waals surface area contributed by atoms with Crippen molar-refractivity contribution in [2.75, 3.05) is 7.11 Å². The van der Waals surface area contributed by atoms with Gasteiger partial charge in [0.1, 0.15) is 11.5 Å². The number of rotatable bonds is 5. The monoisotopic (exact) mass is 329 g/mol. The van der Waals surface area contributed by atoms with Crippen molar-refractivity contribution >= 4 is 11.8 Å². The molecule has 3 aromatic rings. The number of hydrogen-bond acceptors (Lipinski definition) is 3. The Morgan fingerprint density at radius 1 is 0.840 bits per heavy atom. The molecule has 25 heavy (non-hydrogen) atoms. The highest BCUT2D eigenvalue weighted by Crippen LogP contribution is 2.20. The molecule has 0 aliphatic heterocycles. The zero-order valence-corrected chi connectivity index (χ0v) is 14.0. The van der Waals surface area contributed by atoms with Gasteiger partial charge in [-0.25, -0.2) is 0 Å². The second-order valence-electron chi connectivity index (χ2n) is 5.54. The Morgan fingerprint density at radius 3 is 2.08 bits per heavy atom. The van der Waals surface area contributed by atoms with Crippen LogP contribution in [0.1, 0.15) is 11.1 Å². The summed E-state index contributed by atoms with van der Waals surface area (Å²) in [5.41, 5.74) is 4.65. The van der Waals surface area contributed by atoms with E-state index in [4.69, 9.17) is 4.74 Å². The molecule has 0 heterocycles. The van der Waals surface area contributed by atoms with Crippen LogP contribution in [0.15, 0.2) is 90.1 Å². The van der Waals surface area contributed by atoms with Crippen LogP contribution in [-0.4, -0.2) is 18.0 Å². The van der Waals surface area contributed by atoms with Crippen molar-refractivity contribution < 1.29 is 9.94 Å². The normalized spacial score (nSPS) is 11.6. The highest BCUT2D eigenvalue weighted by Gasteiger charge is 2.02. The third kappa shape index (κ3) is 4.15. The SMILES string of the molecule is COc1ccc(/C=C/C(=N\O)c2ccc(-c3ccccc3)cc2)cc1. The van der Waals surface area contributed by atoms with Crippen molar-refractivity contribution in [1.29, 1.82) is 0 Å². The minimum Gasteiger partial charge on any atom is -0.497 e. The van der Waals surface area contributed by atoms with E-state index in [-0.39, 0.29) is 0 Å². The van der Waals surface area contributed by atoms with Crippen LogP contribution < -0.4 is 4.74 Å². The Bertz CT molecular complexity index is 864. The Labute approximate surface area is 147 Å². The van der Waals surface area contributed by atoms with E-state index in [2.05, 4.69) is 17.3 Å². The van der Waals surface area contributed by atoms with Gasteiger partial charge in [0.25, 0.3) is 0 Å². The number of hydrogen-bond donors (Lipinski definition) is 1. The van der Waals surface area contributed by atoms with Crippen LogP contribution >= 0.6 is 0 Å². The van der Waals surface area contributed by atoms with Crippen LogP contribution in [0, 0.1) is 0 Å². The summed E-state index contributed by atoms with van der Waals surface area (Å²) in [6.45, 7) is 0. The second-order valence-corrected chi connectivity index (χ2v) is 5.54. The highest BCUT2D eigenvalue weighted by molar-refractivity contribution is 6.10. The summed E-state index contributed by atoms with van der Waals surface area (Å²) in [6.07, 6.45) is 3.69. The Hall–Kier alpha value is -3.33. The maximum atomic E-state index is 9.34. The molecule has 0 unspecified atom stereocenters. The van der Waals surface area contributed by atoms with E-state index in [1.165, 1.54) is 0 Å². The standard InChI is InChI=1S/C22H19NO2/c1-25-21-14-7-17(8-15-21)9-16-22(23-24)20-12-10-19(11-13-20)18-5-3-2-4-6-18/h2-16,24H,1H3/b16-9+,23-22+. The first kappa shape index (κ1) is 16.5. The van der Waals surface area contributed by atoms with E-state index in [0.29, 0.717) is 5.71 Å². The molecular formula is C22H19NO2. The van der Waals surface area contributed by atoms with Crippen molar-refractivity contribution in [3.63, 3.8) is 0 Å². The topological polar surface area (TPSA) is 41.8 Å². The van der Waals surface area contributed by atoms with Gasteiger partial charge in [-0.05, 0) is 34.9 Å². The van der Waals surface area contributed by atoms with Crippen LogP contribution in [-0.2, 0) is 0 Å². The number of nitrogens with zero attached hydrogens (tertiary/aromatic N) is 1. The molecule has 1 N–H and O–H groups in total. The molecule has 0 radical (unpaired) electrons. The third-order valence-electron chi connectivity index (χ3n) is 3.94. The fraction of sp³-hybridized carbons (Fsp3) is 0.0455. The van der Waals surface area contributed by atoms with E-state index in [1.807, 2.05) is 72.8 Å². The number of benzene rings is 3. The van der Waals surface area contributed by atoms with Crippen LogP contribution in [0.2, 0.25) is 0 Å². The molecule has 3 rings (SSSR count). The maximum absolute atomic E-state index is 9.34. The van der Waals surface area contributed by atoms with Crippen molar-refractivity contribution in [2.45, 2.75) is 0 Å². The lowest BCUT2D eigenvalue weighted by molar-refractivity contribution is 0.320. The summed E-state index contributed by atoms with van der Waals surface area (Å²) in [5.74, 6) is 0.810. The Kier molecular flexibility index (Phi) is 5.27. The molecule has 0 spiro atoms. The largest absolute Gasteiger partial charge is 0.497 e. The summed E-state index contributed by atoms with van der Waals surface area (Å²) in [6, 6.07) is 25.8. The Morgan fingerprint density at radius 2 is 1.48 bits per heavy atom. The average Bonchev–Trinajstić information content (AvgIpc) is 2.70. The molecule has 0 amide bonds. The first-order valence-electron chi connectivity index (χ1n) is 8.00. The summed E-state index contributed by atoms with van der Waals surface area (Å²) in [5, 5.41) is 12.8. The minimum atomic E-state index is 0.510. The van der Waals surface area contributed by atoms with E-state index in [0.717, 1.165) is 28.0 Å². The van der Waals surface area contributed by atoms with Gasteiger partial charge in [0.05, 0.1) is 7.11 Å². The molecule has 0 aromatic heterocycles. The first-order valence-corrected chi connectivity index (χ1v) is 8.00. The molecule has 124 valence electrons. The maximum Gasteiger partial charge on any atom is 0.118 e. The van der Waals surface area contributed by atoms with Crippen molar-refractivity contribution in [3.05, 3.63) is 96.1 Å². The quantitative estimate of drug-likeness (QED) is 0.394. The lowest BCUT2D eigenvalue weighted by Gasteiger charge is -2.04. The molecule has 3 aromatic carbocycles. The van der Waals surface area contributed by atoms with E-state index >= 15 is 0 Å². The van der Waals surface area contributed by atoms with Gasteiger partial charge in [-0.3, -0.25) is 0 Å². The fourth-order valence-corrected chi connectivity index (χ4v) is 2.54. The van der Waals surface area contributed by atoms with Gasteiger partial charge in [0.15, 0.2) is 0 Å². The molecule has 0 saturated heterocycles. The van der Waals surface area contributed by atoms with E-state index in [9.17, 15) is 5.21 Å². The molecule has 0 saturated carbocycles. The molecule has 0 atom stereocenters. The van der Waals surface area contributed by atoms with E-state index in [1.54, 1.807) is 13.2 Å². The predicted octanol–water partition coefficient (Wildman–Crippen LogP) is 5.25. The van der Waals surface area contributed by atoms with Gasteiger partial charge >= 0.3 is 0 Å². The molecule has 0 bridgehead atoms. The van der Waals surface area contributed by atoms with Gasteiger partial charge in [0.2, 0.25) is 0 Å². The average molecular weight is 329 g/mol. The van der Waals surface area contributed by atoms with Crippen LogP contribution in [0.5, 0.6) is 5.75 Å². The summed E-state index contributed by atoms with van der Waals surface area (Å²) < 4.78 is 5.15. The molecule has 0 fully saturated rings. The van der Waals surface area contributed by atoms with Gasteiger partial charge in [-0.1, -0.05) is 78.0 Å². The van der Waals surface area contributed by atoms with Crippen LogP contribution in [0.4, 0.5) is 0 Å². The number of methoxy groups -OCH3 is 1. The van der Waals surface area contributed by atoms with Crippen molar-refractivity contribution in [3.8, 4) is 16.9 Å². The van der Waals surface area contributed by atoms with Crippen molar-refractivity contribution in [2.24, 2.45) is 5.16 Å². The lowest BCUT2D eigenvalue weighted by atomic mass is 10.0. The van der Waals surface area contributed by atoms with Gasteiger partial charge in [-0.2, -0.15) is 0 Å². The van der Waals surface area contributed by atoms with E-state index < -0.39 is 0 Å². The highest BCUT2D eigenvalue weighted by atomic mass is 16.5. The Balaban J connectivity index is 1.77. The number of ether oxygens (including phenoxy) is 1. The van der Waals surface area contributed by atoms with Gasteiger partial charge < -0.3 is 9.94 Å². The second kappa shape index (κ2) is 7.97. The zero-order valence-electron chi connectivity index (χ0n) is 14.0. The zero-order chi connectivity index (χ0) is 17.5. The predicted molar refractivity (Wildman–Crippen MR) is 102 cm³/mol. The molecule has 3 heteroatoms. The van der Waals surface area contributed by atoms with Crippen molar-refractivity contribution in [1.82, 2.24) is 0 Å². The summed E-state index contributed by atoms with van der Waals surface area (Å²) in [4.78, 5) is 0. The third-order valence-corrected chi connectivity index (χ3v) is 3.94. The first-order chi connectivity index (χ1) is 12.3. The van der Waals surface area contributed by atoms with Gasteiger partial charge in [0, 0.05) is 5.56 Å². The minimum absolute atomic E-state index is 0.510. The summed E-state index contributed by atoms with van der Waals surface area (Å²) in [7, 11) is 1.64. The molecule has 0 aliphatic carbocycles. The molecule has 3 nitrogen and oxygen atoms in total. The lowest BCUT2D eigenvalue weighted by Crippen LogP contribution is -1.96. The summed E-state index contributed by atoms with van der Waals surface area (Å²) >= 11 is 0. The smallest absolute Gasteiger partial charge is 0.118 e. The van der Waals surface area contributed by atoms with Crippen LogP contribution in [0.3, 0.4) is 0 Å². The van der Waals surface area contributed by atoms with Gasteiger partial charge in [-0.15, -0.1) is 0 Å². The van der Waals surface area contributed by atoms with Crippen LogP contribution in [0.25, 0.3) is 17.2 Å². The molecule has 0 aliphatic rings. The molecular weight excluding hydrogens is 310 g/mol. The number of oxime groups is 1.